The molecule has 1 saturated carbocycles. The van der Waals surface area contributed by atoms with Gasteiger partial charge in [-0.05, 0) is 24.8 Å². The fraction of sp³-hybridized carbons (Fsp3) is 0.706. The number of nitriles is 1. The lowest BCUT2D eigenvalue weighted by atomic mass is 9.62. The van der Waals surface area contributed by atoms with Crippen LogP contribution in [-0.4, -0.2) is 27.9 Å². The zero-order valence-electron chi connectivity index (χ0n) is 13.9. The van der Waals surface area contributed by atoms with E-state index in [4.69, 9.17) is 10.5 Å². The maximum atomic E-state index is 12.9. The van der Waals surface area contributed by atoms with Gasteiger partial charge in [-0.2, -0.15) is 10.4 Å². The monoisotopic (exact) mass is 316 g/mol. The van der Waals surface area contributed by atoms with Crippen LogP contribution in [0.15, 0.2) is 12.3 Å². The van der Waals surface area contributed by atoms with Gasteiger partial charge in [0.1, 0.15) is 12.0 Å². The maximum Gasteiger partial charge on any atom is 0.139 e. The molecule has 0 amide bonds. The Labute approximate surface area is 136 Å². The Hall–Kier alpha value is -1.71. The van der Waals surface area contributed by atoms with Crippen LogP contribution in [0.2, 0.25) is 0 Å². The van der Waals surface area contributed by atoms with Crippen LogP contribution in [0.25, 0.3) is 0 Å². The summed E-state index contributed by atoms with van der Waals surface area (Å²) in [4.78, 5) is 12.9. The summed E-state index contributed by atoms with van der Waals surface area (Å²) >= 11 is 0. The number of carbonyl (C=O) groups excluding carboxylic acids is 1. The molecule has 2 aliphatic rings. The number of ether oxygens (including phenoxy) is 1. The Morgan fingerprint density at radius 2 is 2.26 bits per heavy atom. The first-order chi connectivity index (χ1) is 10.9. The third kappa shape index (κ3) is 2.68. The van der Waals surface area contributed by atoms with Crippen LogP contribution in [0.4, 0.5) is 0 Å². The lowest BCUT2D eigenvalue weighted by Crippen LogP contribution is -2.56. The SMILES string of the molecule is CCn1nccc1[C@@H]1[C@H](C#N)[C@H](N)O[C@@H]2CC(C)(C)CC(=O)[C@H]12. The van der Waals surface area contributed by atoms with Crippen molar-refractivity contribution in [2.75, 3.05) is 0 Å². The second-order valence-electron chi connectivity index (χ2n) is 7.43. The van der Waals surface area contributed by atoms with Crippen LogP contribution in [0, 0.1) is 28.6 Å². The Kier molecular flexibility index (Phi) is 4.03. The van der Waals surface area contributed by atoms with E-state index >= 15 is 0 Å². The number of ketones is 1. The molecule has 0 spiro atoms. The van der Waals surface area contributed by atoms with E-state index < -0.39 is 12.1 Å². The number of aromatic nitrogens is 2. The molecule has 1 aromatic heterocycles. The predicted octanol–water partition coefficient (Wildman–Crippen LogP) is 1.82. The lowest BCUT2D eigenvalue weighted by molar-refractivity contribution is -0.164. The number of Topliss-reactive ketones (excluding diaryl/α,β-unsaturated/α-hetero) is 1. The topological polar surface area (TPSA) is 93.9 Å². The highest BCUT2D eigenvalue weighted by molar-refractivity contribution is 5.84. The highest BCUT2D eigenvalue weighted by atomic mass is 16.5. The number of fused-ring (bicyclic) bond motifs is 1. The lowest BCUT2D eigenvalue weighted by Gasteiger charge is -2.48. The van der Waals surface area contributed by atoms with Gasteiger partial charge in [-0.3, -0.25) is 9.48 Å². The van der Waals surface area contributed by atoms with Crippen LogP contribution in [0.3, 0.4) is 0 Å². The Morgan fingerprint density at radius 1 is 1.52 bits per heavy atom. The van der Waals surface area contributed by atoms with E-state index in [1.54, 1.807) is 6.20 Å². The molecule has 0 aromatic carbocycles. The molecule has 6 heteroatoms. The summed E-state index contributed by atoms with van der Waals surface area (Å²) in [7, 11) is 0. The van der Waals surface area contributed by atoms with Crippen molar-refractivity contribution in [1.29, 1.82) is 5.26 Å². The molecule has 1 aliphatic heterocycles. The highest BCUT2D eigenvalue weighted by Crippen LogP contribution is 2.49. The number of carbonyl (C=O) groups is 1. The van der Waals surface area contributed by atoms with Gasteiger partial charge >= 0.3 is 0 Å². The van der Waals surface area contributed by atoms with Crippen LogP contribution in [-0.2, 0) is 16.1 Å². The smallest absolute Gasteiger partial charge is 0.139 e. The van der Waals surface area contributed by atoms with Gasteiger partial charge in [0.2, 0.25) is 0 Å². The summed E-state index contributed by atoms with van der Waals surface area (Å²) in [5.41, 5.74) is 6.96. The molecule has 2 heterocycles. The molecule has 6 nitrogen and oxygen atoms in total. The van der Waals surface area contributed by atoms with Gasteiger partial charge in [-0.25, -0.2) is 0 Å². The number of aryl methyl sites for hydroxylation is 1. The standard InChI is InChI=1S/C17H24N4O2/c1-4-21-11(5-6-20-21)14-10(9-18)16(19)23-13-8-17(2,3)7-12(22)15(13)14/h5-6,10,13-16H,4,7-8,19H2,1-3H3/t10-,13+,14-,15-,16+/m0/s1. The summed E-state index contributed by atoms with van der Waals surface area (Å²) < 4.78 is 7.76. The first-order valence-corrected chi connectivity index (χ1v) is 8.23. The van der Waals surface area contributed by atoms with Crippen LogP contribution in [0.5, 0.6) is 0 Å². The molecular weight excluding hydrogens is 292 g/mol. The minimum Gasteiger partial charge on any atom is -0.358 e. The largest absolute Gasteiger partial charge is 0.358 e. The molecule has 1 aromatic rings. The number of rotatable bonds is 2. The second-order valence-corrected chi connectivity index (χ2v) is 7.43. The van der Waals surface area contributed by atoms with E-state index in [2.05, 4.69) is 25.0 Å². The molecule has 1 saturated heterocycles. The van der Waals surface area contributed by atoms with E-state index in [0.29, 0.717) is 13.0 Å². The van der Waals surface area contributed by atoms with E-state index in [0.717, 1.165) is 12.1 Å². The summed E-state index contributed by atoms with van der Waals surface area (Å²) in [6.45, 7) is 6.86. The minimum absolute atomic E-state index is 0.0903. The second kappa shape index (κ2) is 5.73. The zero-order valence-corrected chi connectivity index (χ0v) is 13.9. The summed E-state index contributed by atoms with van der Waals surface area (Å²) in [6, 6.07) is 4.18. The van der Waals surface area contributed by atoms with Crippen molar-refractivity contribution in [2.24, 2.45) is 23.0 Å². The van der Waals surface area contributed by atoms with Gasteiger partial charge in [0, 0.05) is 30.8 Å². The zero-order chi connectivity index (χ0) is 16.8. The van der Waals surface area contributed by atoms with E-state index in [1.165, 1.54) is 0 Å². The van der Waals surface area contributed by atoms with Crippen molar-refractivity contribution in [3.63, 3.8) is 0 Å². The first-order valence-electron chi connectivity index (χ1n) is 8.23. The molecule has 2 fully saturated rings. The van der Waals surface area contributed by atoms with Crippen LogP contribution < -0.4 is 5.73 Å². The minimum atomic E-state index is -0.673. The quantitative estimate of drug-likeness (QED) is 0.898. The van der Waals surface area contributed by atoms with Gasteiger partial charge in [0.15, 0.2) is 0 Å². The van der Waals surface area contributed by atoms with Crippen molar-refractivity contribution < 1.29 is 9.53 Å². The average Bonchev–Trinajstić information content (AvgIpc) is 2.92. The molecular formula is C17H24N4O2. The summed E-state index contributed by atoms with van der Waals surface area (Å²) in [5, 5.41) is 13.9. The summed E-state index contributed by atoms with van der Waals surface area (Å²) in [5.74, 6) is -0.926. The predicted molar refractivity (Wildman–Crippen MR) is 84.1 cm³/mol. The van der Waals surface area contributed by atoms with Gasteiger partial charge < -0.3 is 10.5 Å². The van der Waals surface area contributed by atoms with Crippen molar-refractivity contribution >= 4 is 5.78 Å². The fourth-order valence-corrected chi connectivity index (χ4v) is 4.23. The number of nitrogens with zero attached hydrogens (tertiary/aromatic N) is 3. The average molecular weight is 316 g/mol. The molecule has 0 radical (unpaired) electrons. The van der Waals surface area contributed by atoms with Crippen molar-refractivity contribution in [2.45, 2.75) is 58.4 Å². The van der Waals surface area contributed by atoms with Crippen molar-refractivity contribution in [3.8, 4) is 6.07 Å². The third-order valence-corrected chi connectivity index (χ3v) is 5.18. The molecule has 3 rings (SSSR count). The van der Waals surface area contributed by atoms with E-state index in [1.807, 2.05) is 17.7 Å². The van der Waals surface area contributed by atoms with Gasteiger partial charge in [-0.1, -0.05) is 13.8 Å². The van der Waals surface area contributed by atoms with Gasteiger partial charge in [0.25, 0.3) is 0 Å². The molecule has 1 aliphatic carbocycles. The van der Waals surface area contributed by atoms with Crippen LogP contribution >= 0.6 is 0 Å². The maximum absolute atomic E-state index is 12.9. The molecule has 124 valence electrons. The van der Waals surface area contributed by atoms with Gasteiger partial charge in [-0.15, -0.1) is 0 Å². The number of hydrogen-bond donors (Lipinski definition) is 1. The first kappa shape index (κ1) is 16.2. The van der Waals surface area contributed by atoms with Crippen LogP contribution in [0.1, 0.15) is 45.2 Å². The Balaban J connectivity index is 2.06. The van der Waals surface area contributed by atoms with E-state index in [-0.39, 0.29) is 29.1 Å². The number of nitrogens with two attached hydrogens (primary N) is 1. The normalized spacial score (nSPS) is 36.3. The highest BCUT2D eigenvalue weighted by Gasteiger charge is 2.53. The molecule has 2 N–H and O–H groups in total. The number of hydrogen-bond acceptors (Lipinski definition) is 5. The fourth-order valence-electron chi connectivity index (χ4n) is 4.23. The molecule has 0 bridgehead atoms. The van der Waals surface area contributed by atoms with Crippen molar-refractivity contribution in [1.82, 2.24) is 9.78 Å². The third-order valence-electron chi connectivity index (χ3n) is 5.18. The Bertz CT molecular complexity index is 645. The van der Waals surface area contributed by atoms with E-state index in [9.17, 15) is 10.1 Å². The van der Waals surface area contributed by atoms with Crippen molar-refractivity contribution in [3.05, 3.63) is 18.0 Å². The molecule has 0 unspecified atom stereocenters. The van der Waals surface area contributed by atoms with Gasteiger partial charge in [0.05, 0.1) is 24.0 Å². The molecule has 23 heavy (non-hydrogen) atoms. The molecule has 5 atom stereocenters. The summed E-state index contributed by atoms with van der Waals surface area (Å²) in [6.07, 6.45) is 2.12. The Morgan fingerprint density at radius 3 is 2.91 bits per heavy atom.